The Labute approximate surface area is 118 Å². The number of imidazole rings is 1. The SMILES string of the molecule is Cc1ccc(-c2ncc(C(=O)O)n2C2CCCC2)cc1. The predicted octanol–water partition coefficient (Wildman–Crippen LogP) is 3.67. The van der Waals surface area contributed by atoms with Crippen molar-refractivity contribution in [2.24, 2.45) is 0 Å². The van der Waals surface area contributed by atoms with Crippen LogP contribution in [0.15, 0.2) is 30.5 Å². The lowest BCUT2D eigenvalue weighted by molar-refractivity contribution is 0.0683. The van der Waals surface area contributed by atoms with E-state index < -0.39 is 5.97 Å². The van der Waals surface area contributed by atoms with Gasteiger partial charge in [-0.3, -0.25) is 0 Å². The first-order valence-electron chi connectivity index (χ1n) is 7.04. The Kier molecular flexibility index (Phi) is 3.30. The van der Waals surface area contributed by atoms with E-state index in [0.717, 1.165) is 37.1 Å². The van der Waals surface area contributed by atoms with Crippen LogP contribution >= 0.6 is 0 Å². The summed E-state index contributed by atoms with van der Waals surface area (Å²) >= 11 is 0. The summed E-state index contributed by atoms with van der Waals surface area (Å²) in [6.45, 7) is 2.04. The first-order chi connectivity index (χ1) is 9.66. The van der Waals surface area contributed by atoms with E-state index in [1.807, 2.05) is 35.8 Å². The highest BCUT2D eigenvalue weighted by Crippen LogP contribution is 2.34. The fourth-order valence-corrected chi connectivity index (χ4v) is 2.97. The number of aromatic nitrogens is 2. The molecule has 1 N–H and O–H groups in total. The van der Waals surface area contributed by atoms with Gasteiger partial charge in [0.25, 0.3) is 0 Å². The Bertz CT molecular complexity index is 622. The highest BCUT2D eigenvalue weighted by atomic mass is 16.4. The van der Waals surface area contributed by atoms with Gasteiger partial charge in [-0.05, 0) is 19.8 Å². The van der Waals surface area contributed by atoms with E-state index in [1.54, 1.807) is 0 Å². The molecular weight excluding hydrogens is 252 g/mol. The zero-order chi connectivity index (χ0) is 14.1. The number of nitrogens with zero attached hydrogens (tertiary/aromatic N) is 2. The van der Waals surface area contributed by atoms with Gasteiger partial charge in [-0.15, -0.1) is 0 Å². The van der Waals surface area contributed by atoms with Gasteiger partial charge in [-0.2, -0.15) is 0 Å². The third kappa shape index (κ3) is 2.22. The number of carbonyl (C=O) groups is 1. The number of aromatic carboxylic acids is 1. The fourth-order valence-electron chi connectivity index (χ4n) is 2.97. The minimum absolute atomic E-state index is 0.264. The van der Waals surface area contributed by atoms with Crippen molar-refractivity contribution < 1.29 is 9.90 Å². The van der Waals surface area contributed by atoms with Gasteiger partial charge in [0.2, 0.25) is 0 Å². The van der Waals surface area contributed by atoms with Gasteiger partial charge in [0.15, 0.2) is 0 Å². The largest absolute Gasteiger partial charge is 0.477 e. The van der Waals surface area contributed by atoms with E-state index in [0.29, 0.717) is 5.69 Å². The Morgan fingerprint density at radius 1 is 1.25 bits per heavy atom. The lowest BCUT2D eigenvalue weighted by Gasteiger charge is -2.17. The van der Waals surface area contributed by atoms with E-state index in [4.69, 9.17) is 0 Å². The molecule has 1 aliphatic carbocycles. The molecule has 1 aromatic heterocycles. The van der Waals surface area contributed by atoms with E-state index in [2.05, 4.69) is 4.98 Å². The summed E-state index contributed by atoms with van der Waals surface area (Å²) in [6, 6.07) is 8.34. The van der Waals surface area contributed by atoms with Crippen LogP contribution in [0.1, 0.15) is 47.8 Å². The number of aryl methyl sites for hydroxylation is 1. The van der Waals surface area contributed by atoms with Crippen LogP contribution in [0.4, 0.5) is 0 Å². The lowest BCUT2D eigenvalue weighted by Crippen LogP contribution is -2.14. The fraction of sp³-hybridized carbons (Fsp3) is 0.375. The Balaban J connectivity index is 2.10. The first-order valence-corrected chi connectivity index (χ1v) is 7.04. The Hall–Kier alpha value is -2.10. The van der Waals surface area contributed by atoms with E-state index in [9.17, 15) is 9.90 Å². The molecule has 0 saturated heterocycles. The van der Waals surface area contributed by atoms with Crippen LogP contribution in [-0.2, 0) is 0 Å². The molecule has 0 aliphatic heterocycles. The van der Waals surface area contributed by atoms with Crippen LogP contribution < -0.4 is 0 Å². The summed E-state index contributed by atoms with van der Waals surface area (Å²) in [7, 11) is 0. The zero-order valence-electron chi connectivity index (χ0n) is 11.5. The van der Waals surface area contributed by atoms with Crippen LogP contribution in [-0.4, -0.2) is 20.6 Å². The second kappa shape index (κ2) is 5.12. The molecule has 104 valence electrons. The molecule has 1 aromatic carbocycles. The number of rotatable bonds is 3. The maximum atomic E-state index is 11.4. The molecule has 1 saturated carbocycles. The van der Waals surface area contributed by atoms with Gasteiger partial charge < -0.3 is 9.67 Å². The van der Waals surface area contributed by atoms with Crippen LogP contribution in [0.5, 0.6) is 0 Å². The molecule has 0 spiro atoms. The molecule has 3 rings (SSSR count). The topological polar surface area (TPSA) is 55.1 Å². The highest BCUT2D eigenvalue weighted by Gasteiger charge is 2.25. The second-order valence-corrected chi connectivity index (χ2v) is 5.45. The Morgan fingerprint density at radius 3 is 2.50 bits per heavy atom. The van der Waals surface area contributed by atoms with Crippen molar-refractivity contribution in [3.63, 3.8) is 0 Å². The van der Waals surface area contributed by atoms with Gasteiger partial charge in [0.1, 0.15) is 11.5 Å². The van der Waals surface area contributed by atoms with Crippen LogP contribution in [0.3, 0.4) is 0 Å². The highest BCUT2D eigenvalue weighted by molar-refractivity contribution is 5.86. The third-order valence-electron chi connectivity index (χ3n) is 4.02. The molecular formula is C16H18N2O2. The van der Waals surface area contributed by atoms with Crippen molar-refractivity contribution in [1.29, 1.82) is 0 Å². The van der Waals surface area contributed by atoms with E-state index in [1.165, 1.54) is 11.8 Å². The molecule has 1 heterocycles. The predicted molar refractivity (Wildman–Crippen MR) is 76.9 cm³/mol. The maximum Gasteiger partial charge on any atom is 0.354 e. The summed E-state index contributed by atoms with van der Waals surface area (Å²) < 4.78 is 1.92. The molecule has 20 heavy (non-hydrogen) atoms. The van der Waals surface area contributed by atoms with Crippen LogP contribution in [0, 0.1) is 6.92 Å². The molecule has 1 fully saturated rings. The monoisotopic (exact) mass is 270 g/mol. The van der Waals surface area contributed by atoms with E-state index >= 15 is 0 Å². The van der Waals surface area contributed by atoms with Gasteiger partial charge in [0, 0.05) is 11.6 Å². The minimum Gasteiger partial charge on any atom is -0.477 e. The second-order valence-electron chi connectivity index (χ2n) is 5.45. The number of hydrogen-bond donors (Lipinski definition) is 1. The van der Waals surface area contributed by atoms with Crippen molar-refractivity contribution in [3.8, 4) is 11.4 Å². The van der Waals surface area contributed by atoms with Crippen molar-refractivity contribution in [1.82, 2.24) is 9.55 Å². The molecule has 2 aromatic rings. The molecule has 1 aliphatic rings. The number of hydrogen-bond acceptors (Lipinski definition) is 2. The normalized spacial score (nSPS) is 15.7. The molecule has 4 heteroatoms. The first kappa shape index (κ1) is 12.9. The smallest absolute Gasteiger partial charge is 0.354 e. The number of benzene rings is 1. The Morgan fingerprint density at radius 2 is 1.90 bits per heavy atom. The summed E-state index contributed by atoms with van der Waals surface area (Å²) in [5.41, 5.74) is 2.47. The zero-order valence-corrected chi connectivity index (χ0v) is 11.5. The van der Waals surface area contributed by atoms with Crippen molar-refractivity contribution >= 4 is 5.97 Å². The molecule has 0 amide bonds. The average Bonchev–Trinajstić information content (AvgIpc) is 3.08. The van der Waals surface area contributed by atoms with Crippen LogP contribution in [0.25, 0.3) is 11.4 Å². The summed E-state index contributed by atoms with van der Waals surface area (Å²) in [5, 5.41) is 9.37. The van der Waals surface area contributed by atoms with Crippen molar-refractivity contribution in [2.45, 2.75) is 38.6 Å². The summed E-state index contributed by atoms with van der Waals surface area (Å²) in [4.78, 5) is 15.8. The molecule has 0 radical (unpaired) electrons. The standard InChI is InChI=1S/C16H18N2O2/c1-11-6-8-12(9-7-11)15-17-10-14(16(19)20)18(15)13-4-2-3-5-13/h6-10,13H,2-5H2,1H3,(H,19,20). The van der Waals surface area contributed by atoms with Crippen molar-refractivity contribution in [2.75, 3.05) is 0 Å². The molecule has 0 atom stereocenters. The van der Waals surface area contributed by atoms with Gasteiger partial charge in [0.05, 0.1) is 6.20 Å². The molecule has 4 nitrogen and oxygen atoms in total. The van der Waals surface area contributed by atoms with Crippen molar-refractivity contribution in [3.05, 3.63) is 41.7 Å². The van der Waals surface area contributed by atoms with Crippen LogP contribution in [0.2, 0.25) is 0 Å². The lowest BCUT2D eigenvalue weighted by atomic mass is 10.1. The average molecular weight is 270 g/mol. The number of carboxylic acids is 1. The summed E-state index contributed by atoms with van der Waals surface area (Å²) in [5.74, 6) is -0.128. The summed E-state index contributed by atoms with van der Waals surface area (Å²) in [6.07, 6.45) is 5.88. The molecule has 0 unspecified atom stereocenters. The quantitative estimate of drug-likeness (QED) is 0.925. The van der Waals surface area contributed by atoms with E-state index in [-0.39, 0.29) is 6.04 Å². The third-order valence-corrected chi connectivity index (χ3v) is 4.02. The van der Waals surface area contributed by atoms with Gasteiger partial charge in [-0.1, -0.05) is 42.7 Å². The van der Waals surface area contributed by atoms with Gasteiger partial charge in [-0.25, -0.2) is 9.78 Å². The minimum atomic E-state index is -0.900. The number of carboxylic acid groups (broad SMARTS) is 1. The van der Waals surface area contributed by atoms with Gasteiger partial charge >= 0.3 is 5.97 Å². The molecule has 0 bridgehead atoms. The maximum absolute atomic E-state index is 11.4.